The molecule has 0 saturated carbocycles. The van der Waals surface area contributed by atoms with E-state index < -0.39 is 17.7 Å². The molecule has 1 aromatic carbocycles. The summed E-state index contributed by atoms with van der Waals surface area (Å²) in [4.78, 5) is 17.3. The first kappa shape index (κ1) is 12.5. The van der Waals surface area contributed by atoms with Gasteiger partial charge in [0, 0.05) is 26.2 Å². The summed E-state index contributed by atoms with van der Waals surface area (Å²) >= 11 is 0. The van der Waals surface area contributed by atoms with Crippen LogP contribution in [0.2, 0.25) is 0 Å². The van der Waals surface area contributed by atoms with Gasteiger partial charge in [0.25, 0.3) is 0 Å². The molecule has 1 atom stereocenters. The molecule has 0 aliphatic heterocycles. The van der Waals surface area contributed by atoms with Crippen molar-refractivity contribution >= 4 is 16.9 Å². The van der Waals surface area contributed by atoms with Crippen molar-refractivity contribution < 1.29 is 13.6 Å². The highest BCUT2D eigenvalue weighted by atomic mass is 19.2. The van der Waals surface area contributed by atoms with E-state index in [0.717, 1.165) is 12.1 Å². The molecule has 2 rings (SSSR count). The van der Waals surface area contributed by atoms with Gasteiger partial charge in [0.1, 0.15) is 6.04 Å². The number of nitrogens with zero attached hydrogens (tertiary/aromatic N) is 3. The van der Waals surface area contributed by atoms with Crippen molar-refractivity contribution in [2.24, 2.45) is 0 Å². The first-order valence-corrected chi connectivity index (χ1v) is 5.44. The van der Waals surface area contributed by atoms with Crippen LogP contribution in [0.3, 0.4) is 0 Å². The molecule has 6 heteroatoms. The maximum absolute atomic E-state index is 13.2. The van der Waals surface area contributed by atoms with Gasteiger partial charge in [-0.3, -0.25) is 4.79 Å². The normalized spacial score (nSPS) is 12.7. The first-order valence-electron chi connectivity index (χ1n) is 5.44. The number of carbonyl (C=O) groups excluding carboxylic acids is 1. The number of carbonyl (C=O) groups is 1. The van der Waals surface area contributed by atoms with Gasteiger partial charge in [-0.2, -0.15) is 0 Å². The second kappa shape index (κ2) is 4.36. The van der Waals surface area contributed by atoms with Crippen LogP contribution in [0.25, 0.3) is 11.0 Å². The van der Waals surface area contributed by atoms with E-state index in [1.165, 1.54) is 15.8 Å². The number of amides is 1. The number of benzene rings is 1. The van der Waals surface area contributed by atoms with Gasteiger partial charge in [0.2, 0.25) is 5.91 Å². The Bertz CT molecular complexity index is 607. The van der Waals surface area contributed by atoms with Gasteiger partial charge < -0.3 is 9.47 Å². The van der Waals surface area contributed by atoms with Crippen LogP contribution in [0, 0.1) is 11.6 Å². The van der Waals surface area contributed by atoms with E-state index in [-0.39, 0.29) is 5.91 Å². The zero-order chi connectivity index (χ0) is 13.4. The largest absolute Gasteiger partial charge is 0.347 e. The van der Waals surface area contributed by atoms with E-state index >= 15 is 0 Å². The predicted molar refractivity (Wildman–Crippen MR) is 63.1 cm³/mol. The highest BCUT2D eigenvalue weighted by molar-refractivity contribution is 5.83. The average Bonchev–Trinajstić information content (AvgIpc) is 2.70. The Balaban J connectivity index is 2.52. The molecule has 0 bridgehead atoms. The van der Waals surface area contributed by atoms with E-state index in [1.54, 1.807) is 21.0 Å². The topological polar surface area (TPSA) is 38.1 Å². The van der Waals surface area contributed by atoms with Crippen molar-refractivity contribution in [2.45, 2.75) is 13.0 Å². The lowest BCUT2D eigenvalue weighted by molar-refractivity contribution is -0.131. The molecule has 0 aliphatic carbocycles. The van der Waals surface area contributed by atoms with Gasteiger partial charge in [0.15, 0.2) is 11.6 Å². The third-order valence-electron chi connectivity index (χ3n) is 2.83. The molecule has 1 heterocycles. The average molecular weight is 253 g/mol. The standard InChI is InChI=1S/C12H13F2N3O/c1-7(12(18)16(2)3)17-6-15-10-4-8(13)9(14)5-11(10)17/h4-7H,1-3H3. The fourth-order valence-corrected chi connectivity index (χ4v) is 1.82. The van der Waals surface area contributed by atoms with E-state index in [1.807, 2.05) is 0 Å². The molecule has 96 valence electrons. The maximum atomic E-state index is 13.2. The number of aromatic nitrogens is 2. The van der Waals surface area contributed by atoms with Crippen LogP contribution in [0.15, 0.2) is 18.5 Å². The maximum Gasteiger partial charge on any atom is 0.244 e. The van der Waals surface area contributed by atoms with Crippen LogP contribution < -0.4 is 0 Å². The summed E-state index contributed by atoms with van der Waals surface area (Å²) in [7, 11) is 3.27. The van der Waals surface area contributed by atoms with Crippen LogP contribution in [0.4, 0.5) is 8.78 Å². The fraction of sp³-hybridized carbons (Fsp3) is 0.333. The summed E-state index contributed by atoms with van der Waals surface area (Å²) in [5, 5.41) is 0. The number of imidazole rings is 1. The highest BCUT2D eigenvalue weighted by Gasteiger charge is 2.19. The van der Waals surface area contributed by atoms with Gasteiger partial charge in [-0.25, -0.2) is 13.8 Å². The third-order valence-corrected chi connectivity index (χ3v) is 2.83. The van der Waals surface area contributed by atoms with Crippen LogP contribution in [-0.4, -0.2) is 34.5 Å². The quantitative estimate of drug-likeness (QED) is 0.820. The molecule has 1 aromatic heterocycles. The van der Waals surface area contributed by atoms with Crippen LogP contribution in [0.1, 0.15) is 13.0 Å². The van der Waals surface area contributed by atoms with Crippen molar-refractivity contribution in [3.8, 4) is 0 Å². The van der Waals surface area contributed by atoms with Crippen molar-refractivity contribution in [1.29, 1.82) is 0 Å². The third kappa shape index (κ3) is 1.94. The minimum Gasteiger partial charge on any atom is -0.347 e. The number of hydrogen-bond acceptors (Lipinski definition) is 2. The SMILES string of the molecule is CC(C(=O)N(C)C)n1cnc2cc(F)c(F)cc21. The van der Waals surface area contributed by atoms with Gasteiger partial charge in [-0.15, -0.1) is 0 Å². The van der Waals surface area contributed by atoms with Gasteiger partial charge in [-0.1, -0.05) is 0 Å². The summed E-state index contributed by atoms with van der Waals surface area (Å²) in [6, 6.07) is 1.56. The Morgan fingerprint density at radius 3 is 2.56 bits per heavy atom. The molecule has 2 aromatic rings. The number of fused-ring (bicyclic) bond motifs is 1. The summed E-state index contributed by atoms with van der Waals surface area (Å²) in [6.07, 6.45) is 1.41. The van der Waals surface area contributed by atoms with Crippen molar-refractivity contribution in [1.82, 2.24) is 14.5 Å². The molecule has 0 fully saturated rings. The van der Waals surface area contributed by atoms with E-state index in [2.05, 4.69) is 4.98 Å². The molecule has 4 nitrogen and oxygen atoms in total. The molecule has 1 unspecified atom stereocenters. The first-order chi connectivity index (χ1) is 8.41. The number of halogens is 2. The molecule has 18 heavy (non-hydrogen) atoms. The number of rotatable bonds is 2. The fourth-order valence-electron chi connectivity index (χ4n) is 1.82. The summed E-state index contributed by atoms with van der Waals surface area (Å²) in [5.74, 6) is -2.04. The predicted octanol–water partition coefficient (Wildman–Crippen LogP) is 1.96. The minimum absolute atomic E-state index is 0.140. The molecule has 0 radical (unpaired) electrons. The molecule has 0 N–H and O–H groups in total. The number of hydrogen-bond donors (Lipinski definition) is 0. The monoisotopic (exact) mass is 253 g/mol. The van der Waals surface area contributed by atoms with Crippen molar-refractivity contribution in [3.63, 3.8) is 0 Å². The lowest BCUT2D eigenvalue weighted by Gasteiger charge is -2.18. The van der Waals surface area contributed by atoms with Gasteiger partial charge in [-0.05, 0) is 6.92 Å². The molecular formula is C12H13F2N3O. The van der Waals surface area contributed by atoms with Gasteiger partial charge >= 0.3 is 0 Å². The lowest BCUT2D eigenvalue weighted by Crippen LogP contribution is -2.29. The zero-order valence-electron chi connectivity index (χ0n) is 10.3. The Kier molecular flexibility index (Phi) is 3.02. The van der Waals surface area contributed by atoms with Crippen molar-refractivity contribution in [3.05, 3.63) is 30.1 Å². The van der Waals surface area contributed by atoms with Crippen LogP contribution >= 0.6 is 0 Å². The Morgan fingerprint density at radius 1 is 1.33 bits per heavy atom. The second-order valence-corrected chi connectivity index (χ2v) is 4.32. The lowest BCUT2D eigenvalue weighted by atomic mass is 10.2. The van der Waals surface area contributed by atoms with E-state index in [9.17, 15) is 13.6 Å². The van der Waals surface area contributed by atoms with Crippen LogP contribution in [0.5, 0.6) is 0 Å². The molecule has 1 amide bonds. The minimum atomic E-state index is -0.950. The van der Waals surface area contributed by atoms with Crippen molar-refractivity contribution in [2.75, 3.05) is 14.1 Å². The second-order valence-electron chi connectivity index (χ2n) is 4.32. The molecular weight excluding hydrogens is 240 g/mol. The van der Waals surface area contributed by atoms with E-state index in [4.69, 9.17) is 0 Å². The van der Waals surface area contributed by atoms with Crippen LogP contribution in [-0.2, 0) is 4.79 Å². The Hall–Kier alpha value is -1.98. The van der Waals surface area contributed by atoms with Gasteiger partial charge in [0.05, 0.1) is 17.4 Å². The summed E-state index contributed by atoms with van der Waals surface area (Å²) in [6.45, 7) is 1.69. The highest BCUT2D eigenvalue weighted by Crippen LogP contribution is 2.21. The smallest absolute Gasteiger partial charge is 0.244 e. The van der Waals surface area contributed by atoms with E-state index in [0.29, 0.717) is 11.0 Å². The molecule has 0 aliphatic rings. The Morgan fingerprint density at radius 2 is 1.94 bits per heavy atom. The molecule has 0 saturated heterocycles. The summed E-state index contributed by atoms with van der Waals surface area (Å²) < 4.78 is 27.8. The Labute approximate surface area is 103 Å². The number of likely N-dealkylation sites (N-methyl/N-ethyl adjacent to an activating group) is 1. The summed E-state index contributed by atoms with van der Waals surface area (Å²) in [5.41, 5.74) is 0.726. The molecule has 0 spiro atoms. The zero-order valence-corrected chi connectivity index (χ0v) is 10.3.